The first-order valence-corrected chi connectivity index (χ1v) is 10.8. The fraction of sp³-hybridized carbons (Fsp3) is 0.381. The summed E-state index contributed by atoms with van der Waals surface area (Å²) in [5.41, 5.74) is 2.23. The van der Waals surface area contributed by atoms with E-state index in [-0.39, 0.29) is 16.8 Å². The number of nitrogens with zero attached hydrogens (tertiary/aromatic N) is 1. The van der Waals surface area contributed by atoms with Crippen molar-refractivity contribution < 1.29 is 17.9 Å². The van der Waals surface area contributed by atoms with Crippen LogP contribution in [-0.2, 0) is 10.0 Å². The Kier molecular flexibility index (Phi) is 6.05. The molecule has 2 aromatic carbocycles. The zero-order valence-electron chi connectivity index (χ0n) is 16.4. The Morgan fingerprint density at radius 2 is 1.93 bits per heavy atom. The van der Waals surface area contributed by atoms with Crippen LogP contribution >= 0.6 is 0 Å². The third-order valence-electron chi connectivity index (χ3n) is 4.68. The number of rotatable bonds is 8. The molecule has 2 aromatic rings. The van der Waals surface area contributed by atoms with Gasteiger partial charge < -0.3 is 9.64 Å². The second-order valence-electron chi connectivity index (χ2n) is 7.26. The molecular formula is C21H26N2O4S. The molecule has 7 heteroatoms. The smallest absolute Gasteiger partial charge is 0.254 e. The van der Waals surface area contributed by atoms with Gasteiger partial charge in [-0.1, -0.05) is 18.2 Å². The largest absolute Gasteiger partial charge is 0.492 e. The molecule has 0 radical (unpaired) electrons. The lowest BCUT2D eigenvalue weighted by Gasteiger charge is -2.19. The lowest BCUT2D eigenvalue weighted by atomic mass is 10.1. The van der Waals surface area contributed by atoms with Gasteiger partial charge in [-0.25, -0.2) is 13.1 Å². The quantitative estimate of drug-likeness (QED) is 0.737. The molecule has 0 bridgehead atoms. The van der Waals surface area contributed by atoms with Crippen LogP contribution < -0.4 is 9.46 Å². The van der Waals surface area contributed by atoms with Gasteiger partial charge in [0.05, 0.1) is 11.4 Å². The van der Waals surface area contributed by atoms with Gasteiger partial charge in [0.2, 0.25) is 10.0 Å². The first-order chi connectivity index (χ1) is 13.3. The zero-order chi connectivity index (χ0) is 20.3. The van der Waals surface area contributed by atoms with Crippen LogP contribution in [0.2, 0.25) is 0 Å². The molecule has 0 saturated heterocycles. The number of carbonyl (C=O) groups excluding carboxylic acids is 1. The molecule has 0 heterocycles. The summed E-state index contributed by atoms with van der Waals surface area (Å²) < 4.78 is 33.2. The Morgan fingerprint density at radius 1 is 1.18 bits per heavy atom. The van der Waals surface area contributed by atoms with Crippen LogP contribution in [0.1, 0.15) is 34.3 Å². The molecule has 0 atom stereocenters. The van der Waals surface area contributed by atoms with Gasteiger partial charge in [-0.3, -0.25) is 4.79 Å². The molecule has 28 heavy (non-hydrogen) atoms. The molecule has 0 aromatic heterocycles. The highest BCUT2D eigenvalue weighted by atomic mass is 32.2. The predicted octanol–water partition coefficient (Wildman–Crippen LogP) is 2.90. The maximum Gasteiger partial charge on any atom is 0.254 e. The van der Waals surface area contributed by atoms with E-state index in [4.69, 9.17) is 4.74 Å². The first-order valence-electron chi connectivity index (χ1n) is 9.34. The van der Waals surface area contributed by atoms with Gasteiger partial charge >= 0.3 is 0 Å². The molecule has 1 amide bonds. The Balaban J connectivity index is 1.66. The first kappa shape index (κ1) is 20.4. The highest BCUT2D eigenvalue weighted by Crippen LogP contribution is 2.23. The number of aryl methyl sites for hydroxylation is 2. The molecule has 0 unspecified atom stereocenters. The second kappa shape index (κ2) is 8.32. The predicted molar refractivity (Wildman–Crippen MR) is 108 cm³/mol. The number of benzene rings is 2. The van der Waals surface area contributed by atoms with Crippen molar-refractivity contribution in [1.82, 2.24) is 9.62 Å². The van der Waals surface area contributed by atoms with Gasteiger partial charge in [-0.2, -0.15) is 0 Å². The van der Waals surface area contributed by atoms with Crippen LogP contribution in [0.3, 0.4) is 0 Å². The van der Waals surface area contributed by atoms with Crippen molar-refractivity contribution in [2.75, 3.05) is 20.2 Å². The van der Waals surface area contributed by atoms with Gasteiger partial charge in [0.1, 0.15) is 12.4 Å². The van der Waals surface area contributed by atoms with Crippen molar-refractivity contribution >= 4 is 15.9 Å². The normalized spacial score (nSPS) is 14.0. The van der Waals surface area contributed by atoms with Crippen LogP contribution in [0.15, 0.2) is 47.4 Å². The summed E-state index contributed by atoms with van der Waals surface area (Å²) in [6.45, 7) is 4.54. The van der Waals surface area contributed by atoms with E-state index in [1.54, 1.807) is 24.9 Å². The number of sulfonamides is 1. The third kappa shape index (κ3) is 5.11. The molecule has 0 spiro atoms. The lowest BCUT2D eigenvalue weighted by Crippen LogP contribution is -2.32. The number of hydrogen-bond acceptors (Lipinski definition) is 4. The maximum absolute atomic E-state index is 12.8. The molecule has 0 aliphatic heterocycles. The number of carbonyl (C=O) groups is 1. The van der Waals surface area contributed by atoms with E-state index >= 15 is 0 Å². The Bertz CT molecular complexity index is 968. The van der Waals surface area contributed by atoms with Gasteiger partial charge in [-0.05, 0) is 62.1 Å². The average molecular weight is 403 g/mol. The minimum Gasteiger partial charge on any atom is -0.492 e. The lowest BCUT2D eigenvalue weighted by molar-refractivity contribution is 0.0773. The highest BCUT2D eigenvalue weighted by molar-refractivity contribution is 7.89. The van der Waals surface area contributed by atoms with Crippen molar-refractivity contribution in [2.45, 2.75) is 37.6 Å². The topological polar surface area (TPSA) is 75.7 Å². The number of hydrogen-bond donors (Lipinski definition) is 1. The Labute approximate surface area is 166 Å². The molecule has 1 N–H and O–H groups in total. The van der Waals surface area contributed by atoms with Crippen LogP contribution in [0, 0.1) is 13.8 Å². The van der Waals surface area contributed by atoms with Gasteiger partial charge in [0.15, 0.2) is 0 Å². The SMILES string of the molecule is Cc1cccc(OCCN(C)C(=O)c2cc(S(=O)(=O)NC3CC3)ccc2C)c1. The third-order valence-corrected chi connectivity index (χ3v) is 6.20. The summed E-state index contributed by atoms with van der Waals surface area (Å²) in [4.78, 5) is 14.5. The summed E-state index contributed by atoms with van der Waals surface area (Å²) in [5.74, 6) is 0.532. The summed E-state index contributed by atoms with van der Waals surface area (Å²) in [6, 6.07) is 12.4. The molecule has 6 nitrogen and oxygen atoms in total. The summed E-state index contributed by atoms with van der Waals surface area (Å²) >= 11 is 0. The summed E-state index contributed by atoms with van der Waals surface area (Å²) in [7, 11) is -1.91. The second-order valence-corrected chi connectivity index (χ2v) is 8.98. The van der Waals surface area contributed by atoms with Crippen molar-refractivity contribution in [3.05, 3.63) is 59.2 Å². The number of likely N-dealkylation sites (N-methyl/N-ethyl adjacent to an activating group) is 1. The fourth-order valence-electron chi connectivity index (χ4n) is 2.80. The van der Waals surface area contributed by atoms with Crippen LogP contribution in [-0.4, -0.2) is 45.5 Å². The standard InChI is InChI=1S/C21H26N2O4S/c1-15-5-4-6-18(13-15)27-12-11-23(3)21(24)20-14-19(10-7-16(20)2)28(25,26)22-17-8-9-17/h4-7,10,13-14,17,22H,8-9,11-12H2,1-3H3. The van der Waals surface area contributed by atoms with E-state index < -0.39 is 10.0 Å². The van der Waals surface area contributed by atoms with E-state index in [9.17, 15) is 13.2 Å². The Morgan fingerprint density at radius 3 is 2.61 bits per heavy atom. The fourth-order valence-corrected chi connectivity index (χ4v) is 4.13. The highest BCUT2D eigenvalue weighted by Gasteiger charge is 2.28. The summed E-state index contributed by atoms with van der Waals surface area (Å²) in [6.07, 6.45) is 1.72. The van der Waals surface area contributed by atoms with Crippen LogP contribution in [0.4, 0.5) is 0 Å². The van der Waals surface area contributed by atoms with E-state index in [0.29, 0.717) is 18.7 Å². The molecule has 150 valence electrons. The minimum atomic E-state index is -3.60. The van der Waals surface area contributed by atoms with Gasteiger partial charge in [0.25, 0.3) is 5.91 Å². The van der Waals surface area contributed by atoms with Crippen molar-refractivity contribution in [3.8, 4) is 5.75 Å². The monoisotopic (exact) mass is 402 g/mol. The zero-order valence-corrected chi connectivity index (χ0v) is 17.3. The van der Waals surface area contributed by atoms with Crippen LogP contribution in [0.25, 0.3) is 0 Å². The van der Waals surface area contributed by atoms with Crippen LogP contribution in [0.5, 0.6) is 5.75 Å². The summed E-state index contributed by atoms with van der Waals surface area (Å²) in [5, 5.41) is 0. The van der Waals surface area contributed by atoms with E-state index in [2.05, 4.69) is 4.72 Å². The van der Waals surface area contributed by atoms with E-state index in [1.807, 2.05) is 31.2 Å². The number of amides is 1. The van der Waals surface area contributed by atoms with Gasteiger partial charge in [0, 0.05) is 18.7 Å². The molecule has 1 saturated carbocycles. The van der Waals surface area contributed by atoms with Crippen molar-refractivity contribution in [3.63, 3.8) is 0 Å². The Hall–Kier alpha value is -2.38. The van der Waals surface area contributed by atoms with E-state index in [1.165, 1.54) is 12.1 Å². The molecule has 1 fully saturated rings. The van der Waals surface area contributed by atoms with Crippen molar-refractivity contribution in [2.24, 2.45) is 0 Å². The van der Waals surface area contributed by atoms with E-state index in [0.717, 1.165) is 29.7 Å². The molecule has 1 aliphatic carbocycles. The maximum atomic E-state index is 12.8. The molecular weight excluding hydrogens is 376 g/mol. The molecule has 1 aliphatic rings. The number of nitrogens with one attached hydrogen (secondary N) is 1. The molecule has 3 rings (SSSR count). The van der Waals surface area contributed by atoms with Gasteiger partial charge in [-0.15, -0.1) is 0 Å². The number of ether oxygens (including phenoxy) is 1. The average Bonchev–Trinajstić information content (AvgIpc) is 3.44. The van der Waals surface area contributed by atoms with Crippen molar-refractivity contribution in [1.29, 1.82) is 0 Å². The minimum absolute atomic E-state index is 0.0203.